The molecule has 1 aliphatic heterocycles. The zero-order chi connectivity index (χ0) is 11.4. The van der Waals surface area contributed by atoms with E-state index in [1.807, 2.05) is 12.1 Å². The molecule has 1 aromatic carbocycles. The number of piperidine rings is 1. The van der Waals surface area contributed by atoms with Crippen LogP contribution in [0.5, 0.6) is 0 Å². The van der Waals surface area contributed by atoms with Crippen molar-refractivity contribution in [1.29, 1.82) is 0 Å². The predicted molar refractivity (Wildman–Crippen MR) is 63.8 cm³/mol. The van der Waals surface area contributed by atoms with Gasteiger partial charge in [0.25, 0.3) is 0 Å². The van der Waals surface area contributed by atoms with Gasteiger partial charge >= 0.3 is 0 Å². The lowest BCUT2D eigenvalue weighted by molar-refractivity contribution is 0.196. The molecule has 0 aromatic heterocycles. The lowest BCUT2D eigenvalue weighted by Crippen LogP contribution is -2.43. The fourth-order valence-corrected chi connectivity index (χ4v) is 2.22. The Hall–Kier alpha value is -0.930. The van der Waals surface area contributed by atoms with E-state index in [9.17, 15) is 4.39 Å². The van der Waals surface area contributed by atoms with Crippen LogP contribution in [0.4, 0.5) is 4.39 Å². The fraction of sp³-hybridized carbons (Fsp3) is 0.538. The smallest absolute Gasteiger partial charge is 0.123 e. The molecule has 1 aliphatic rings. The van der Waals surface area contributed by atoms with Gasteiger partial charge in [-0.05, 0) is 44.1 Å². The van der Waals surface area contributed by atoms with Crippen molar-refractivity contribution in [2.24, 2.45) is 0 Å². The minimum atomic E-state index is -0.161. The summed E-state index contributed by atoms with van der Waals surface area (Å²) >= 11 is 0. The average Bonchev–Trinajstić information content (AvgIpc) is 2.33. The zero-order valence-electron chi connectivity index (χ0n) is 9.75. The molecule has 0 amide bonds. The van der Waals surface area contributed by atoms with E-state index in [2.05, 4.69) is 17.3 Å². The van der Waals surface area contributed by atoms with Gasteiger partial charge in [-0.3, -0.25) is 4.90 Å². The molecule has 1 fully saturated rings. The lowest BCUT2D eigenvalue weighted by atomic mass is 10.1. The van der Waals surface area contributed by atoms with E-state index in [0.717, 1.165) is 19.6 Å². The van der Waals surface area contributed by atoms with Crippen molar-refractivity contribution in [2.75, 3.05) is 20.1 Å². The molecule has 0 unspecified atom stereocenters. The standard InChI is InChI=1S/C13H19FN2/c1-16(13-3-2-8-15-9-13)10-11-4-6-12(14)7-5-11/h4-7,13,15H,2-3,8-10H2,1H3/t13-/m0/s1. The van der Waals surface area contributed by atoms with Crippen LogP contribution in [0, 0.1) is 5.82 Å². The van der Waals surface area contributed by atoms with Crippen LogP contribution in [0.25, 0.3) is 0 Å². The molecule has 0 radical (unpaired) electrons. The van der Waals surface area contributed by atoms with Crippen LogP contribution in [0.3, 0.4) is 0 Å². The highest BCUT2D eigenvalue weighted by Gasteiger charge is 2.17. The van der Waals surface area contributed by atoms with E-state index in [4.69, 9.17) is 0 Å². The molecule has 0 bridgehead atoms. The topological polar surface area (TPSA) is 15.3 Å². The maximum atomic E-state index is 12.8. The second-order valence-electron chi connectivity index (χ2n) is 4.54. The highest BCUT2D eigenvalue weighted by molar-refractivity contribution is 5.15. The molecule has 1 atom stereocenters. The van der Waals surface area contributed by atoms with Gasteiger partial charge in [0.15, 0.2) is 0 Å². The van der Waals surface area contributed by atoms with Crippen LogP contribution in [-0.4, -0.2) is 31.1 Å². The van der Waals surface area contributed by atoms with Crippen molar-refractivity contribution in [1.82, 2.24) is 10.2 Å². The number of benzene rings is 1. The molecule has 1 saturated heterocycles. The molecular weight excluding hydrogens is 203 g/mol. The molecular formula is C13H19FN2. The van der Waals surface area contributed by atoms with Gasteiger partial charge < -0.3 is 5.32 Å². The number of hydrogen-bond donors (Lipinski definition) is 1. The van der Waals surface area contributed by atoms with Gasteiger partial charge in [-0.1, -0.05) is 12.1 Å². The van der Waals surface area contributed by atoms with Crippen LogP contribution in [0.2, 0.25) is 0 Å². The van der Waals surface area contributed by atoms with Gasteiger partial charge in [-0.2, -0.15) is 0 Å². The van der Waals surface area contributed by atoms with Crippen LogP contribution in [0.1, 0.15) is 18.4 Å². The zero-order valence-corrected chi connectivity index (χ0v) is 9.75. The lowest BCUT2D eigenvalue weighted by Gasteiger charge is -2.31. The Balaban J connectivity index is 1.90. The Morgan fingerprint density at radius 1 is 1.38 bits per heavy atom. The Morgan fingerprint density at radius 3 is 2.75 bits per heavy atom. The first-order valence-corrected chi connectivity index (χ1v) is 5.91. The Kier molecular flexibility index (Phi) is 3.91. The van der Waals surface area contributed by atoms with E-state index in [1.165, 1.54) is 30.5 Å². The Labute approximate surface area is 96.5 Å². The molecule has 0 saturated carbocycles. The van der Waals surface area contributed by atoms with E-state index >= 15 is 0 Å². The monoisotopic (exact) mass is 222 g/mol. The van der Waals surface area contributed by atoms with Gasteiger partial charge in [0, 0.05) is 19.1 Å². The minimum Gasteiger partial charge on any atom is -0.315 e. The van der Waals surface area contributed by atoms with Crippen LogP contribution >= 0.6 is 0 Å². The Bertz CT molecular complexity index is 317. The number of rotatable bonds is 3. The number of halogens is 1. The highest BCUT2D eigenvalue weighted by Crippen LogP contribution is 2.12. The summed E-state index contributed by atoms with van der Waals surface area (Å²) < 4.78 is 12.8. The van der Waals surface area contributed by atoms with Crippen molar-refractivity contribution in [3.05, 3.63) is 35.6 Å². The van der Waals surface area contributed by atoms with Gasteiger partial charge in [-0.15, -0.1) is 0 Å². The van der Waals surface area contributed by atoms with E-state index < -0.39 is 0 Å². The first-order chi connectivity index (χ1) is 7.75. The second-order valence-corrected chi connectivity index (χ2v) is 4.54. The number of likely N-dealkylation sites (N-methyl/N-ethyl adjacent to an activating group) is 1. The van der Waals surface area contributed by atoms with Crippen LogP contribution in [0.15, 0.2) is 24.3 Å². The second kappa shape index (κ2) is 5.41. The molecule has 0 aliphatic carbocycles. The minimum absolute atomic E-state index is 0.161. The molecule has 1 aromatic rings. The summed E-state index contributed by atoms with van der Waals surface area (Å²) in [5.41, 5.74) is 1.18. The number of nitrogens with zero attached hydrogens (tertiary/aromatic N) is 1. The SMILES string of the molecule is CN(Cc1ccc(F)cc1)[C@H]1CCCNC1. The van der Waals surface area contributed by atoms with E-state index in [1.54, 1.807) is 0 Å². The van der Waals surface area contributed by atoms with Gasteiger partial charge in [0.2, 0.25) is 0 Å². The molecule has 2 nitrogen and oxygen atoms in total. The number of nitrogens with one attached hydrogen (secondary N) is 1. The molecule has 1 N–H and O–H groups in total. The van der Waals surface area contributed by atoms with Gasteiger partial charge in [0.1, 0.15) is 5.82 Å². The van der Waals surface area contributed by atoms with Crippen LogP contribution < -0.4 is 5.32 Å². The van der Waals surface area contributed by atoms with Crippen LogP contribution in [-0.2, 0) is 6.54 Å². The van der Waals surface area contributed by atoms with Gasteiger partial charge in [-0.25, -0.2) is 4.39 Å². The predicted octanol–water partition coefficient (Wildman–Crippen LogP) is 2.01. The molecule has 1 heterocycles. The summed E-state index contributed by atoms with van der Waals surface area (Å²) in [6.45, 7) is 3.10. The summed E-state index contributed by atoms with van der Waals surface area (Å²) in [7, 11) is 2.14. The van der Waals surface area contributed by atoms with E-state index in [0.29, 0.717) is 6.04 Å². The summed E-state index contributed by atoms with van der Waals surface area (Å²) in [6, 6.07) is 7.40. The van der Waals surface area contributed by atoms with Crippen molar-refractivity contribution < 1.29 is 4.39 Å². The third-order valence-electron chi connectivity index (χ3n) is 3.24. The molecule has 2 rings (SSSR count). The average molecular weight is 222 g/mol. The van der Waals surface area contributed by atoms with Crippen molar-refractivity contribution >= 4 is 0 Å². The molecule has 3 heteroatoms. The molecule has 88 valence electrons. The third-order valence-corrected chi connectivity index (χ3v) is 3.24. The summed E-state index contributed by atoms with van der Waals surface area (Å²) in [5.74, 6) is -0.161. The van der Waals surface area contributed by atoms with E-state index in [-0.39, 0.29) is 5.82 Å². The first kappa shape index (κ1) is 11.6. The third kappa shape index (κ3) is 3.03. The first-order valence-electron chi connectivity index (χ1n) is 5.91. The normalized spacial score (nSPS) is 21.3. The fourth-order valence-electron chi connectivity index (χ4n) is 2.22. The summed E-state index contributed by atoms with van der Waals surface area (Å²) in [4.78, 5) is 2.35. The molecule has 16 heavy (non-hydrogen) atoms. The molecule has 0 spiro atoms. The summed E-state index contributed by atoms with van der Waals surface area (Å²) in [5, 5.41) is 3.41. The van der Waals surface area contributed by atoms with Crippen molar-refractivity contribution in [3.63, 3.8) is 0 Å². The Morgan fingerprint density at radius 2 is 2.12 bits per heavy atom. The quantitative estimate of drug-likeness (QED) is 0.841. The summed E-state index contributed by atoms with van der Waals surface area (Å²) in [6.07, 6.45) is 2.50. The van der Waals surface area contributed by atoms with Crippen molar-refractivity contribution in [3.8, 4) is 0 Å². The maximum Gasteiger partial charge on any atom is 0.123 e. The largest absolute Gasteiger partial charge is 0.315 e. The maximum absolute atomic E-state index is 12.8. The highest BCUT2D eigenvalue weighted by atomic mass is 19.1. The van der Waals surface area contributed by atoms with Crippen molar-refractivity contribution in [2.45, 2.75) is 25.4 Å². The van der Waals surface area contributed by atoms with Gasteiger partial charge in [0.05, 0.1) is 0 Å². The number of hydrogen-bond acceptors (Lipinski definition) is 2.